The van der Waals surface area contributed by atoms with Gasteiger partial charge in [-0.05, 0) is 79.3 Å². The van der Waals surface area contributed by atoms with Crippen molar-refractivity contribution in [2.75, 3.05) is 12.0 Å². The van der Waals surface area contributed by atoms with E-state index in [0.29, 0.717) is 35.7 Å². The molecule has 2 unspecified atom stereocenters. The maximum Gasteiger partial charge on any atom is 0.259 e. The minimum atomic E-state index is -0.421. The number of benzene rings is 4. The van der Waals surface area contributed by atoms with E-state index in [-0.39, 0.29) is 24.0 Å². The fourth-order valence-corrected chi connectivity index (χ4v) is 5.92. The molecule has 6 rings (SSSR count). The Hall–Kier alpha value is -4.65. The second-order valence-corrected chi connectivity index (χ2v) is 11.0. The Balaban J connectivity index is 1.18. The van der Waals surface area contributed by atoms with Crippen LogP contribution < -0.4 is 14.4 Å². The average Bonchev–Trinajstić information content (AvgIpc) is 3.43. The van der Waals surface area contributed by atoms with Gasteiger partial charge in [-0.1, -0.05) is 48.5 Å². The number of halogens is 1. The minimum absolute atomic E-state index is 0.0586. The first-order chi connectivity index (χ1) is 20.3. The Morgan fingerprint density at radius 3 is 2.48 bits per heavy atom. The molecule has 2 amide bonds. The second-order valence-electron chi connectivity index (χ2n) is 11.0. The molecule has 0 radical (unpaired) electrons. The normalized spacial score (nSPS) is 16.4. The van der Waals surface area contributed by atoms with Gasteiger partial charge in [-0.2, -0.15) is 0 Å². The standard InChI is InChI=1S/C35H33FN2O4/c1-22(9-10-24-7-5-4-6-8-24)42-33-19-28(14-16-32(33)41-3)38-23(2)29-15-11-25(17-31(29)35(38)40)20-37-21-26-12-13-27(36)18-30(26)34(37)39/h4-8,11-19,22-23H,9-10,20-21H2,1-3H3. The summed E-state index contributed by atoms with van der Waals surface area (Å²) in [6.07, 6.45) is 1.68. The molecule has 214 valence electrons. The molecule has 0 saturated heterocycles. The monoisotopic (exact) mass is 564 g/mol. The number of rotatable bonds is 9. The summed E-state index contributed by atoms with van der Waals surface area (Å²) in [5.41, 5.74) is 5.59. The number of nitrogens with zero attached hydrogens (tertiary/aromatic N) is 2. The van der Waals surface area contributed by atoms with E-state index in [4.69, 9.17) is 9.47 Å². The number of hydrogen-bond donors (Lipinski definition) is 0. The summed E-state index contributed by atoms with van der Waals surface area (Å²) in [6.45, 7) is 4.80. The quantitative estimate of drug-likeness (QED) is 0.217. The third-order valence-corrected chi connectivity index (χ3v) is 8.16. The van der Waals surface area contributed by atoms with E-state index in [1.54, 1.807) is 23.0 Å². The largest absolute Gasteiger partial charge is 0.493 e. The third-order valence-electron chi connectivity index (χ3n) is 8.16. The lowest BCUT2D eigenvalue weighted by Crippen LogP contribution is -2.26. The van der Waals surface area contributed by atoms with Crippen LogP contribution in [0.5, 0.6) is 11.5 Å². The Kier molecular flexibility index (Phi) is 7.42. The highest BCUT2D eigenvalue weighted by Gasteiger charge is 2.36. The lowest BCUT2D eigenvalue weighted by molar-refractivity contribution is 0.0766. The van der Waals surface area contributed by atoms with Crippen LogP contribution >= 0.6 is 0 Å². The van der Waals surface area contributed by atoms with Crippen molar-refractivity contribution in [3.63, 3.8) is 0 Å². The zero-order chi connectivity index (χ0) is 29.4. The topological polar surface area (TPSA) is 59.1 Å². The first-order valence-electron chi connectivity index (χ1n) is 14.2. The van der Waals surface area contributed by atoms with Gasteiger partial charge in [-0.25, -0.2) is 4.39 Å². The highest BCUT2D eigenvalue weighted by Crippen LogP contribution is 2.41. The fraction of sp³-hybridized carbons (Fsp3) is 0.257. The molecule has 6 nitrogen and oxygen atoms in total. The molecule has 42 heavy (non-hydrogen) atoms. The summed E-state index contributed by atoms with van der Waals surface area (Å²) in [4.78, 5) is 30.1. The minimum Gasteiger partial charge on any atom is -0.493 e. The summed E-state index contributed by atoms with van der Waals surface area (Å²) < 4.78 is 25.6. The van der Waals surface area contributed by atoms with E-state index >= 15 is 0 Å². The first-order valence-corrected chi connectivity index (χ1v) is 14.2. The zero-order valence-corrected chi connectivity index (χ0v) is 24.0. The predicted molar refractivity (Wildman–Crippen MR) is 159 cm³/mol. The molecule has 0 bridgehead atoms. The van der Waals surface area contributed by atoms with Gasteiger partial charge in [-0.15, -0.1) is 0 Å². The van der Waals surface area contributed by atoms with Crippen molar-refractivity contribution in [1.82, 2.24) is 4.90 Å². The van der Waals surface area contributed by atoms with Crippen LogP contribution in [0.2, 0.25) is 0 Å². The third kappa shape index (κ3) is 5.22. The van der Waals surface area contributed by atoms with Crippen LogP contribution in [0.25, 0.3) is 0 Å². The van der Waals surface area contributed by atoms with Crippen LogP contribution in [0, 0.1) is 5.82 Å². The average molecular weight is 565 g/mol. The number of hydrogen-bond acceptors (Lipinski definition) is 4. The molecule has 0 N–H and O–H groups in total. The molecule has 2 atom stereocenters. The van der Waals surface area contributed by atoms with Crippen LogP contribution in [0.15, 0.2) is 84.9 Å². The number of amides is 2. The Labute approximate surface area is 245 Å². The SMILES string of the molecule is COc1ccc(N2C(=O)c3cc(CN4Cc5ccc(F)cc5C4=O)ccc3C2C)cc1OC(C)CCc1ccccc1. The molecule has 0 aliphatic carbocycles. The number of ether oxygens (including phenoxy) is 2. The van der Waals surface area contributed by atoms with Gasteiger partial charge in [0, 0.05) is 36.0 Å². The molecular formula is C35H33FN2O4. The second kappa shape index (κ2) is 11.3. The predicted octanol–water partition coefficient (Wildman–Crippen LogP) is 7.11. The van der Waals surface area contributed by atoms with Gasteiger partial charge in [-0.3, -0.25) is 9.59 Å². The number of methoxy groups -OCH3 is 1. The van der Waals surface area contributed by atoms with Gasteiger partial charge in [0.15, 0.2) is 11.5 Å². The molecule has 2 aliphatic rings. The van der Waals surface area contributed by atoms with E-state index in [0.717, 1.165) is 35.2 Å². The molecular weight excluding hydrogens is 531 g/mol. The van der Waals surface area contributed by atoms with Crippen molar-refractivity contribution in [3.8, 4) is 11.5 Å². The number of anilines is 1. The molecule has 0 saturated carbocycles. The Bertz CT molecular complexity index is 1650. The number of carbonyl (C=O) groups excluding carboxylic acids is 2. The molecule has 2 aliphatic heterocycles. The molecule has 0 spiro atoms. The smallest absolute Gasteiger partial charge is 0.259 e. The van der Waals surface area contributed by atoms with Crippen molar-refractivity contribution in [2.45, 2.75) is 51.9 Å². The van der Waals surface area contributed by atoms with Crippen molar-refractivity contribution >= 4 is 17.5 Å². The van der Waals surface area contributed by atoms with Gasteiger partial charge in [0.2, 0.25) is 0 Å². The zero-order valence-electron chi connectivity index (χ0n) is 24.0. The molecule has 2 heterocycles. The van der Waals surface area contributed by atoms with Gasteiger partial charge in [0.1, 0.15) is 5.82 Å². The van der Waals surface area contributed by atoms with E-state index in [2.05, 4.69) is 12.1 Å². The van der Waals surface area contributed by atoms with Crippen molar-refractivity contribution in [1.29, 1.82) is 0 Å². The Morgan fingerprint density at radius 1 is 0.881 bits per heavy atom. The number of fused-ring (bicyclic) bond motifs is 2. The Morgan fingerprint density at radius 2 is 1.69 bits per heavy atom. The van der Waals surface area contributed by atoms with E-state index in [1.165, 1.54) is 17.7 Å². The van der Waals surface area contributed by atoms with Gasteiger partial charge < -0.3 is 19.3 Å². The summed E-state index contributed by atoms with van der Waals surface area (Å²) in [5, 5.41) is 0. The molecule has 4 aromatic carbocycles. The molecule has 0 aromatic heterocycles. The van der Waals surface area contributed by atoms with Crippen molar-refractivity contribution in [2.24, 2.45) is 0 Å². The van der Waals surface area contributed by atoms with Crippen LogP contribution in [0.1, 0.15) is 69.3 Å². The maximum absolute atomic E-state index is 13.8. The number of aryl methyl sites for hydroxylation is 1. The highest BCUT2D eigenvalue weighted by molar-refractivity contribution is 6.11. The summed E-state index contributed by atoms with van der Waals surface area (Å²) in [7, 11) is 1.61. The van der Waals surface area contributed by atoms with E-state index < -0.39 is 5.82 Å². The van der Waals surface area contributed by atoms with Gasteiger partial charge in [0.05, 0.1) is 19.3 Å². The van der Waals surface area contributed by atoms with Crippen molar-refractivity contribution < 1.29 is 23.5 Å². The lowest BCUT2D eigenvalue weighted by Gasteiger charge is -2.24. The molecule has 4 aromatic rings. The van der Waals surface area contributed by atoms with E-state index in [1.807, 2.05) is 68.4 Å². The summed E-state index contributed by atoms with van der Waals surface area (Å²) >= 11 is 0. The fourth-order valence-electron chi connectivity index (χ4n) is 5.92. The number of carbonyl (C=O) groups is 2. The van der Waals surface area contributed by atoms with Gasteiger partial charge >= 0.3 is 0 Å². The maximum atomic E-state index is 13.8. The molecule has 0 fully saturated rings. The lowest BCUT2D eigenvalue weighted by atomic mass is 10.0. The summed E-state index contributed by atoms with van der Waals surface area (Å²) in [5.74, 6) is 0.479. The van der Waals surface area contributed by atoms with Crippen molar-refractivity contribution in [3.05, 3.63) is 124 Å². The first kappa shape index (κ1) is 27.5. The van der Waals surface area contributed by atoms with Crippen LogP contribution in [-0.2, 0) is 19.5 Å². The van der Waals surface area contributed by atoms with Crippen LogP contribution in [-0.4, -0.2) is 29.9 Å². The molecule has 7 heteroatoms. The van der Waals surface area contributed by atoms with E-state index in [9.17, 15) is 14.0 Å². The summed E-state index contributed by atoms with van der Waals surface area (Å²) in [6, 6.07) is 25.8. The van der Waals surface area contributed by atoms with Gasteiger partial charge in [0.25, 0.3) is 11.8 Å². The van der Waals surface area contributed by atoms with Crippen LogP contribution in [0.4, 0.5) is 10.1 Å². The highest BCUT2D eigenvalue weighted by atomic mass is 19.1. The van der Waals surface area contributed by atoms with Crippen LogP contribution in [0.3, 0.4) is 0 Å².